The topological polar surface area (TPSA) is 58.2 Å². The first-order valence-electron chi connectivity index (χ1n) is 5.64. The van der Waals surface area contributed by atoms with Crippen molar-refractivity contribution in [2.75, 3.05) is 13.1 Å². The second-order valence-corrected chi connectivity index (χ2v) is 4.27. The fourth-order valence-electron chi connectivity index (χ4n) is 1.06. The molecule has 0 aromatic carbocycles. The number of carbonyl (C=O) groups is 2. The largest absolute Gasteiger partial charge is 0.354 e. The van der Waals surface area contributed by atoms with E-state index in [9.17, 15) is 9.59 Å². The van der Waals surface area contributed by atoms with Crippen LogP contribution in [0.1, 0.15) is 27.2 Å². The van der Waals surface area contributed by atoms with Gasteiger partial charge in [0.2, 0.25) is 11.8 Å². The molecule has 0 aromatic heterocycles. The van der Waals surface area contributed by atoms with Crippen LogP contribution in [-0.4, -0.2) is 24.9 Å². The smallest absolute Gasteiger partial charge is 0.243 e. The zero-order chi connectivity index (χ0) is 12.6. The van der Waals surface area contributed by atoms with Gasteiger partial charge >= 0.3 is 0 Å². The van der Waals surface area contributed by atoms with Crippen LogP contribution in [0.25, 0.3) is 0 Å². The second-order valence-electron chi connectivity index (χ2n) is 4.27. The first-order valence-corrected chi connectivity index (χ1v) is 5.64. The Bertz CT molecular complexity index is 249. The minimum absolute atomic E-state index is 0.0362. The molecule has 16 heavy (non-hydrogen) atoms. The summed E-state index contributed by atoms with van der Waals surface area (Å²) >= 11 is 0. The van der Waals surface area contributed by atoms with Gasteiger partial charge in [0, 0.05) is 19.5 Å². The van der Waals surface area contributed by atoms with Crippen molar-refractivity contribution in [2.24, 2.45) is 11.8 Å². The van der Waals surface area contributed by atoms with Crippen molar-refractivity contribution in [1.29, 1.82) is 0 Å². The van der Waals surface area contributed by atoms with Crippen LogP contribution in [0.5, 0.6) is 0 Å². The first-order chi connectivity index (χ1) is 7.47. The SMILES string of the molecule is C=CC(=O)NCCNC(=O)C[C@@H](C)C(C)C. The Balaban J connectivity index is 3.58. The predicted octanol–water partition coefficient (Wildman–Crippen LogP) is 1.09. The lowest BCUT2D eigenvalue weighted by Gasteiger charge is -2.14. The van der Waals surface area contributed by atoms with Gasteiger partial charge in [-0.1, -0.05) is 27.4 Å². The highest BCUT2D eigenvalue weighted by atomic mass is 16.2. The lowest BCUT2D eigenvalue weighted by molar-refractivity contribution is -0.122. The molecular formula is C12H22N2O2. The third kappa shape index (κ3) is 7.04. The first kappa shape index (κ1) is 14.7. The zero-order valence-electron chi connectivity index (χ0n) is 10.4. The van der Waals surface area contributed by atoms with E-state index in [1.165, 1.54) is 6.08 Å². The van der Waals surface area contributed by atoms with Gasteiger partial charge in [-0.2, -0.15) is 0 Å². The van der Waals surface area contributed by atoms with Gasteiger partial charge in [0.1, 0.15) is 0 Å². The second kappa shape index (κ2) is 7.91. The molecule has 0 radical (unpaired) electrons. The van der Waals surface area contributed by atoms with E-state index in [0.717, 1.165) is 0 Å². The standard InChI is InChI=1S/C12H22N2O2/c1-5-11(15)13-6-7-14-12(16)8-10(4)9(2)3/h5,9-10H,1,6-8H2,2-4H3,(H,13,15)(H,14,16)/t10-/m1/s1. The van der Waals surface area contributed by atoms with Crippen LogP contribution >= 0.6 is 0 Å². The maximum Gasteiger partial charge on any atom is 0.243 e. The van der Waals surface area contributed by atoms with E-state index in [4.69, 9.17) is 0 Å². The van der Waals surface area contributed by atoms with Gasteiger partial charge < -0.3 is 10.6 Å². The van der Waals surface area contributed by atoms with Crippen molar-refractivity contribution in [3.8, 4) is 0 Å². The van der Waals surface area contributed by atoms with Crippen LogP contribution in [-0.2, 0) is 9.59 Å². The Morgan fingerprint density at radius 3 is 2.25 bits per heavy atom. The summed E-state index contributed by atoms with van der Waals surface area (Å²) in [6.45, 7) is 10.5. The van der Waals surface area contributed by atoms with E-state index < -0.39 is 0 Å². The van der Waals surface area contributed by atoms with E-state index in [1.54, 1.807) is 0 Å². The van der Waals surface area contributed by atoms with Gasteiger partial charge in [-0.05, 0) is 17.9 Å². The monoisotopic (exact) mass is 226 g/mol. The van der Waals surface area contributed by atoms with Crippen LogP contribution in [0.2, 0.25) is 0 Å². The Kier molecular flexibility index (Phi) is 7.25. The number of hydrogen-bond acceptors (Lipinski definition) is 2. The Labute approximate surface area is 97.5 Å². The predicted molar refractivity (Wildman–Crippen MR) is 64.8 cm³/mol. The van der Waals surface area contributed by atoms with Gasteiger partial charge in [0.05, 0.1) is 0 Å². The van der Waals surface area contributed by atoms with Gasteiger partial charge in [-0.3, -0.25) is 9.59 Å². The number of nitrogens with one attached hydrogen (secondary N) is 2. The average Bonchev–Trinajstić information content (AvgIpc) is 2.23. The Hall–Kier alpha value is -1.32. The normalized spacial score (nSPS) is 12.0. The van der Waals surface area contributed by atoms with Gasteiger partial charge in [-0.15, -0.1) is 0 Å². The van der Waals surface area contributed by atoms with E-state index in [2.05, 4.69) is 38.0 Å². The summed E-state index contributed by atoms with van der Waals surface area (Å²) in [6.07, 6.45) is 1.75. The third-order valence-electron chi connectivity index (χ3n) is 2.58. The van der Waals surface area contributed by atoms with E-state index in [0.29, 0.717) is 31.3 Å². The number of hydrogen-bond donors (Lipinski definition) is 2. The molecule has 0 aliphatic carbocycles. The van der Waals surface area contributed by atoms with Gasteiger partial charge in [0.25, 0.3) is 0 Å². The van der Waals surface area contributed by atoms with Crippen LogP contribution < -0.4 is 10.6 Å². The van der Waals surface area contributed by atoms with Crippen molar-refractivity contribution in [3.05, 3.63) is 12.7 Å². The summed E-state index contributed by atoms with van der Waals surface area (Å²) in [6, 6.07) is 0. The minimum atomic E-state index is -0.218. The van der Waals surface area contributed by atoms with Crippen LogP contribution in [0.4, 0.5) is 0 Å². The lowest BCUT2D eigenvalue weighted by atomic mass is 9.94. The Morgan fingerprint density at radius 1 is 1.19 bits per heavy atom. The molecule has 4 heteroatoms. The molecule has 0 heterocycles. The molecule has 4 nitrogen and oxygen atoms in total. The summed E-state index contributed by atoms with van der Waals surface area (Å²) in [5.74, 6) is 0.702. The van der Waals surface area contributed by atoms with Crippen LogP contribution in [0.15, 0.2) is 12.7 Å². The molecule has 0 aliphatic heterocycles. The number of rotatable bonds is 7. The third-order valence-corrected chi connectivity index (χ3v) is 2.58. The molecule has 0 saturated heterocycles. The number of carbonyl (C=O) groups excluding carboxylic acids is 2. The lowest BCUT2D eigenvalue weighted by Crippen LogP contribution is -2.34. The van der Waals surface area contributed by atoms with Crippen LogP contribution in [0, 0.1) is 11.8 Å². The Morgan fingerprint density at radius 2 is 1.75 bits per heavy atom. The van der Waals surface area contributed by atoms with Gasteiger partial charge in [-0.25, -0.2) is 0 Å². The maximum absolute atomic E-state index is 11.4. The van der Waals surface area contributed by atoms with Crippen molar-refractivity contribution in [1.82, 2.24) is 10.6 Å². The number of amides is 2. The molecule has 1 atom stereocenters. The zero-order valence-corrected chi connectivity index (χ0v) is 10.4. The molecule has 0 bridgehead atoms. The molecule has 2 amide bonds. The maximum atomic E-state index is 11.4. The van der Waals surface area contributed by atoms with Crippen molar-refractivity contribution in [3.63, 3.8) is 0 Å². The van der Waals surface area contributed by atoms with Crippen molar-refractivity contribution in [2.45, 2.75) is 27.2 Å². The molecule has 92 valence electrons. The molecule has 0 spiro atoms. The fourth-order valence-corrected chi connectivity index (χ4v) is 1.06. The molecule has 0 aliphatic rings. The highest BCUT2D eigenvalue weighted by molar-refractivity contribution is 5.86. The average molecular weight is 226 g/mol. The molecule has 0 fully saturated rings. The fraction of sp³-hybridized carbons (Fsp3) is 0.667. The van der Waals surface area contributed by atoms with Crippen molar-refractivity contribution >= 4 is 11.8 Å². The minimum Gasteiger partial charge on any atom is -0.354 e. The van der Waals surface area contributed by atoms with Gasteiger partial charge in [0.15, 0.2) is 0 Å². The summed E-state index contributed by atoms with van der Waals surface area (Å²) in [5, 5.41) is 5.35. The quantitative estimate of drug-likeness (QED) is 0.504. The molecule has 2 N–H and O–H groups in total. The summed E-state index contributed by atoms with van der Waals surface area (Å²) in [7, 11) is 0. The van der Waals surface area contributed by atoms with E-state index in [1.807, 2.05) is 0 Å². The molecule has 0 rings (SSSR count). The highest BCUT2D eigenvalue weighted by Crippen LogP contribution is 2.13. The molecule has 0 saturated carbocycles. The summed E-state index contributed by atoms with van der Waals surface area (Å²) in [4.78, 5) is 22.2. The van der Waals surface area contributed by atoms with E-state index in [-0.39, 0.29) is 11.8 Å². The van der Waals surface area contributed by atoms with Crippen molar-refractivity contribution < 1.29 is 9.59 Å². The van der Waals surface area contributed by atoms with E-state index >= 15 is 0 Å². The summed E-state index contributed by atoms with van der Waals surface area (Å²) < 4.78 is 0. The molecule has 0 aromatic rings. The molecule has 0 unspecified atom stereocenters. The highest BCUT2D eigenvalue weighted by Gasteiger charge is 2.11. The van der Waals surface area contributed by atoms with Crippen LogP contribution in [0.3, 0.4) is 0 Å². The molecular weight excluding hydrogens is 204 g/mol. The summed E-state index contributed by atoms with van der Waals surface area (Å²) in [5.41, 5.74) is 0.